The summed E-state index contributed by atoms with van der Waals surface area (Å²) in [5.41, 5.74) is -0.644. The van der Waals surface area contributed by atoms with Gasteiger partial charge in [-0.15, -0.1) is 0 Å². The molecule has 1 fully saturated rings. The number of likely N-dealkylation sites (N-methyl/N-ethyl adjacent to an activating group) is 1. The molecule has 2 amide bonds. The van der Waals surface area contributed by atoms with Crippen LogP contribution in [0.1, 0.15) is 23.2 Å². The van der Waals surface area contributed by atoms with Crippen LogP contribution in [0.3, 0.4) is 0 Å². The summed E-state index contributed by atoms with van der Waals surface area (Å²) in [5, 5.41) is 0. The lowest BCUT2D eigenvalue weighted by atomic mass is 10.1. The first-order valence-corrected chi connectivity index (χ1v) is 7.37. The fourth-order valence-electron chi connectivity index (χ4n) is 2.28. The summed E-state index contributed by atoms with van der Waals surface area (Å²) in [4.78, 5) is 26.7. The molecule has 1 saturated heterocycles. The number of carbonyl (C=O) groups is 2. The van der Waals surface area contributed by atoms with Crippen LogP contribution in [-0.4, -0.2) is 48.3 Å². The van der Waals surface area contributed by atoms with Crippen molar-refractivity contribution >= 4 is 27.7 Å². The highest BCUT2D eigenvalue weighted by molar-refractivity contribution is 9.10. The Bertz CT molecular complexity index is 551. The third-order valence-corrected chi connectivity index (χ3v) is 3.86. The summed E-state index contributed by atoms with van der Waals surface area (Å²) in [5.74, 6) is -2.95. The number of likely N-dealkylation sites (tertiary alicyclic amines) is 1. The molecule has 0 bridgehead atoms. The molecule has 4 nitrogen and oxygen atoms in total. The molecule has 0 aliphatic carbocycles. The Morgan fingerprint density at radius 3 is 2.29 bits per heavy atom. The molecule has 0 saturated carbocycles. The second-order valence-corrected chi connectivity index (χ2v) is 5.91. The van der Waals surface area contributed by atoms with Crippen LogP contribution < -0.4 is 0 Å². The van der Waals surface area contributed by atoms with E-state index in [1.807, 2.05) is 0 Å². The van der Waals surface area contributed by atoms with Crippen LogP contribution in [-0.2, 0) is 4.79 Å². The van der Waals surface area contributed by atoms with E-state index in [0.717, 1.165) is 29.9 Å². The zero-order chi connectivity index (χ0) is 15.6. The molecule has 1 heterocycles. The maximum Gasteiger partial charge on any atom is 0.260 e. The second kappa shape index (κ2) is 6.51. The van der Waals surface area contributed by atoms with E-state index < -0.39 is 23.1 Å². The maximum absolute atomic E-state index is 13.7. The van der Waals surface area contributed by atoms with Crippen LogP contribution in [0.5, 0.6) is 0 Å². The number of hydrogen-bond acceptors (Lipinski definition) is 2. The van der Waals surface area contributed by atoms with Gasteiger partial charge < -0.3 is 9.80 Å². The summed E-state index contributed by atoms with van der Waals surface area (Å²) >= 11 is 2.95. The van der Waals surface area contributed by atoms with Gasteiger partial charge in [0, 0.05) is 24.6 Å². The largest absolute Gasteiger partial charge is 0.341 e. The SMILES string of the molecule is CN(CC(=O)N1CCCC1)C(=O)c1c(F)cc(Br)cc1F. The Kier molecular flexibility index (Phi) is 4.92. The van der Waals surface area contributed by atoms with Gasteiger partial charge in [-0.05, 0) is 25.0 Å². The van der Waals surface area contributed by atoms with Crippen molar-refractivity contribution < 1.29 is 18.4 Å². The molecule has 2 rings (SSSR count). The Labute approximate surface area is 129 Å². The Balaban J connectivity index is 2.10. The minimum Gasteiger partial charge on any atom is -0.341 e. The third kappa shape index (κ3) is 3.58. The minimum absolute atomic E-state index is 0.187. The molecule has 0 aromatic heterocycles. The molecular weight excluding hydrogens is 346 g/mol. The van der Waals surface area contributed by atoms with Crippen molar-refractivity contribution in [3.63, 3.8) is 0 Å². The van der Waals surface area contributed by atoms with Crippen molar-refractivity contribution in [1.29, 1.82) is 0 Å². The second-order valence-electron chi connectivity index (χ2n) is 4.99. The van der Waals surface area contributed by atoms with Crippen LogP contribution in [0.2, 0.25) is 0 Å². The molecule has 21 heavy (non-hydrogen) atoms. The summed E-state index contributed by atoms with van der Waals surface area (Å²) in [6.07, 6.45) is 1.89. The number of amides is 2. The third-order valence-electron chi connectivity index (χ3n) is 3.40. The maximum atomic E-state index is 13.7. The van der Waals surface area contributed by atoms with Crippen molar-refractivity contribution in [2.24, 2.45) is 0 Å². The van der Waals surface area contributed by atoms with E-state index in [9.17, 15) is 18.4 Å². The van der Waals surface area contributed by atoms with Gasteiger partial charge in [-0.3, -0.25) is 9.59 Å². The van der Waals surface area contributed by atoms with E-state index in [4.69, 9.17) is 0 Å². The molecule has 1 aliphatic rings. The normalized spacial score (nSPS) is 14.4. The number of nitrogens with zero attached hydrogens (tertiary/aromatic N) is 2. The highest BCUT2D eigenvalue weighted by Crippen LogP contribution is 2.20. The molecule has 0 spiro atoms. The summed E-state index contributed by atoms with van der Waals surface area (Å²) in [6, 6.07) is 2.04. The van der Waals surface area contributed by atoms with Gasteiger partial charge >= 0.3 is 0 Å². The van der Waals surface area contributed by atoms with Crippen LogP contribution >= 0.6 is 15.9 Å². The van der Waals surface area contributed by atoms with Gasteiger partial charge in [0.25, 0.3) is 5.91 Å². The van der Waals surface area contributed by atoms with Crippen LogP contribution in [0, 0.1) is 11.6 Å². The zero-order valence-electron chi connectivity index (χ0n) is 11.5. The number of halogens is 3. The highest BCUT2D eigenvalue weighted by atomic mass is 79.9. The van der Waals surface area contributed by atoms with Crippen molar-refractivity contribution in [2.75, 3.05) is 26.7 Å². The monoisotopic (exact) mass is 360 g/mol. The van der Waals surface area contributed by atoms with Gasteiger partial charge in [0.1, 0.15) is 17.2 Å². The number of carbonyl (C=O) groups excluding carboxylic acids is 2. The summed E-state index contributed by atoms with van der Waals surface area (Å²) in [6.45, 7) is 1.15. The predicted octanol–water partition coefficient (Wildman–Crippen LogP) is 2.42. The van der Waals surface area contributed by atoms with Gasteiger partial charge in [0.05, 0.1) is 6.54 Å². The van der Waals surface area contributed by atoms with E-state index in [1.54, 1.807) is 4.90 Å². The molecule has 0 N–H and O–H groups in total. The van der Waals surface area contributed by atoms with Gasteiger partial charge in [0.2, 0.25) is 5.91 Å². The first-order valence-electron chi connectivity index (χ1n) is 6.58. The average molecular weight is 361 g/mol. The minimum atomic E-state index is -0.952. The van der Waals surface area contributed by atoms with E-state index in [2.05, 4.69) is 15.9 Å². The Morgan fingerprint density at radius 1 is 1.24 bits per heavy atom. The fraction of sp³-hybridized carbons (Fsp3) is 0.429. The van der Waals surface area contributed by atoms with E-state index in [0.29, 0.717) is 13.1 Å². The molecular formula is C14H15BrF2N2O2. The first-order chi connectivity index (χ1) is 9.90. The molecule has 1 aliphatic heterocycles. The van der Waals surface area contributed by atoms with Crippen LogP contribution in [0.4, 0.5) is 8.78 Å². The van der Waals surface area contributed by atoms with E-state index >= 15 is 0 Å². The number of hydrogen-bond donors (Lipinski definition) is 0. The van der Waals surface area contributed by atoms with Gasteiger partial charge in [-0.1, -0.05) is 15.9 Å². The molecule has 1 aromatic carbocycles. The lowest BCUT2D eigenvalue weighted by Gasteiger charge is -2.21. The van der Waals surface area contributed by atoms with E-state index in [1.165, 1.54) is 7.05 Å². The smallest absolute Gasteiger partial charge is 0.260 e. The highest BCUT2D eigenvalue weighted by Gasteiger charge is 2.25. The van der Waals surface area contributed by atoms with Gasteiger partial charge in [0.15, 0.2) is 0 Å². The Hall–Kier alpha value is -1.50. The van der Waals surface area contributed by atoms with Crippen molar-refractivity contribution in [3.8, 4) is 0 Å². The predicted molar refractivity (Wildman–Crippen MR) is 76.8 cm³/mol. The lowest BCUT2D eigenvalue weighted by Crippen LogP contribution is -2.40. The number of rotatable bonds is 3. The standard InChI is InChI=1S/C14H15BrF2N2O2/c1-18(8-12(20)19-4-2-3-5-19)14(21)13-10(16)6-9(15)7-11(13)17/h6-7H,2-5,8H2,1H3. The lowest BCUT2D eigenvalue weighted by molar-refractivity contribution is -0.130. The molecule has 114 valence electrons. The topological polar surface area (TPSA) is 40.6 Å². The molecule has 0 radical (unpaired) electrons. The summed E-state index contributed by atoms with van der Waals surface area (Å²) in [7, 11) is 1.36. The fourth-order valence-corrected chi connectivity index (χ4v) is 2.68. The van der Waals surface area contributed by atoms with Gasteiger partial charge in [-0.2, -0.15) is 0 Å². The van der Waals surface area contributed by atoms with Crippen molar-refractivity contribution in [2.45, 2.75) is 12.8 Å². The van der Waals surface area contributed by atoms with Crippen LogP contribution in [0.25, 0.3) is 0 Å². The van der Waals surface area contributed by atoms with Gasteiger partial charge in [-0.25, -0.2) is 8.78 Å². The van der Waals surface area contributed by atoms with Crippen molar-refractivity contribution in [3.05, 3.63) is 33.8 Å². The first kappa shape index (κ1) is 15.9. The molecule has 0 unspecified atom stereocenters. The average Bonchev–Trinajstić information content (AvgIpc) is 2.90. The molecule has 7 heteroatoms. The summed E-state index contributed by atoms with van der Waals surface area (Å²) < 4.78 is 27.7. The molecule has 0 atom stereocenters. The van der Waals surface area contributed by atoms with Crippen LogP contribution in [0.15, 0.2) is 16.6 Å². The molecule has 1 aromatic rings. The Morgan fingerprint density at radius 2 is 1.76 bits per heavy atom. The van der Waals surface area contributed by atoms with Crippen molar-refractivity contribution in [1.82, 2.24) is 9.80 Å². The zero-order valence-corrected chi connectivity index (χ0v) is 13.1. The van der Waals surface area contributed by atoms with E-state index in [-0.39, 0.29) is 16.9 Å². The number of benzene rings is 1. The quantitative estimate of drug-likeness (QED) is 0.830.